The summed E-state index contributed by atoms with van der Waals surface area (Å²) in [5.74, 6) is -0.298. The molecule has 3 atom stereocenters. The summed E-state index contributed by atoms with van der Waals surface area (Å²) in [6, 6.07) is 6.96. The van der Waals surface area contributed by atoms with Crippen molar-refractivity contribution in [1.82, 2.24) is 30.3 Å². The molecule has 0 bridgehead atoms. The van der Waals surface area contributed by atoms with E-state index in [1.807, 2.05) is 31.2 Å². The van der Waals surface area contributed by atoms with Crippen LogP contribution in [0.5, 0.6) is 0 Å². The Balaban J connectivity index is 1.44. The Labute approximate surface area is 159 Å². The van der Waals surface area contributed by atoms with Gasteiger partial charge >= 0.3 is 12.1 Å². The van der Waals surface area contributed by atoms with E-state index in [0.717, 1.165) is 15.2 Å². The Hall–Kier alpha value is -2.88. The topological polar surface area (TPSA) is 97.9 Å². The van der Waals surface area contributed by atoms with Gasteiger partial charge in [-0.15, -0.1) is 11.3 Å². The van der Waals surface area contributed by atoms with E-state index < -0.39 is 12.3 Å². The van der Waals surface area contributed by atoms with Crippen LogP contribution in [0.25, 0.3) is 10.2 Å². The number of nitrogens with zero attached hydrogens (tertiary/aromatic N) is 4. The lowest BCUT2D eigenvalue weighted by molar-refractivity contribution is -0.122. The van der Waals surface area contributed by atoms with E-state index in [2.05, 4.69) is 15.6 Å². The second-order valence-electron chi connectivity index (χ2n) is 6.75. The van der Waals surface area contributed by atoms with Crippen molar-refractivity contribution in [3.63, 3.8) is 0 Å². The summed E-state index contributed by atoms with van der Waals surface area (Å²) >= 11 is 1.53. The summed E-state index contributed by atoms with van der Waals surface area (Å²) < 4.78 is 1.06. The van der Waals surface area contributed by atoms with E-state index in [1.54, 1.807) is 14.1 Å². The first-order chi connectivity index (χ1) is 12.9. The van der Waals surface area contributed by atoms with Gasteiger partial charge in [-0.05, 0) is 19.1 Å². The molecule has 2 aliphatic heterocycles. The molecular weight excluding hydrogens is 368 g/mol. The van der Waals surface area contributed by atoms with Crippen LogP contribution in [0, 0.1) is 0 Å². The monoisotopic (exact) mass is 388 g/mol. The van der Waals surface area contributed by atoms with Gasteiger partial charge in [-0.25, -0.2) is 14.6 Å². The Morgan fingerprint density at radius 1 is 1.30 bits per heavy atom. The first-order valence-electron chi connectivity index (χ1n) is 8.58. The summed E-state index contributed by atoms with van der Waals surface area (Å²) in [4.78, 5) is 45.7. The lowest BCUT2D eigenvalue weighted by Crippen LogP contribution is -2.48. The van der Waals surface area contributed by atoms with E-state index >= 15 is 0 Å². The molecule has 2 aliphatic rings. The zero-order valence-electron chi connectivity index (χ0n) is 15.2. The molecule has 142 valence electrons. The second kappa shape index (κ2) is 6.38. The molecular formula is C17H20N6O3S. The van der Waals surface area contributed by atoms with Crippen molar-refractivity contribution in [2.24, 2.45) is 0 Å². The molecule has 4 rings (SSSR count). The molecule has 2 N–H and O–H groups in total. The number of hydrogen-bond acceptors (Lipinski definition) is 5. The van der Waals surface area contributed by atoms with E-state index in [1.165, 1.54) is 26.0 Å². The molecule has 10 heteroatoms. The Bertz CT molecular complexity index is 897. The molecule has 1 aromatic heterocycles. The van der Waals surface area contributed by atoms with E-state index in [-0.39, 0.29) is 30.6 Å². The summed E-state index contributed by atoms with van der Waals surface area (Å²) in [5.41, 5.74) is 0.898. The van der Waals surface area contributed by atoms with Crippen molar-refractivity contribution in [3.05, 3.63) is 29.3 Å². The largest absolute Gasteiger partial charge is 0.346 e. The number of hydrogen-bond donors (Lipinski definition) is 2. The molecule has 0 aliphatic carbocycles. The van der Waals surface area contributed by atoms with Gasteiger partial charge in [0.25, 0.3) is 0 Å². The fraction of sp³-hybridized carbons (Fsp3) is 0.412. The number of benzene rings is 1. The van der Waals surface area contributed by atoms with Crippen molar-refractivity contribution in [3.8, 4) is 0 Å². The van der Waals surface area contributed by atoms with E-state index in [9.17, 15) is 14.4 Å². The lowest BCUT2D eigenvalue weighted by Gasteiger charge is -2.26. The minimum absolute atomic E-state index is 0.131. The van der Waals surface area contributed by atoms with Crippen LogP contribution in [0.3, 0.4) is 0 Å². The van der Waals surface area contributed by atoms with Crippen LogP contribution < -0.4 is 10.6 Å². The molecule has 27 heavy (non-hydrogen) atoms. The predicted molar refractivity (Wildman–Crippen MR) is 99.9 cm³/mol. The number of para-hydroxylation sites is 1. The molecule has 0 unspecified atom stereocenters. The smallest absolute Gasteiger partial charge is 0.323 e. The summed E-state index contributed by atoms with van der Waals surface area (Å²) in [7, 11) is 3.25. The van der Waals surface area contributed by atoms with Crippen LogP contribution in [0.1, 0.15) is 18.0 Å². The zero-order valence-corrected chi connectivity index (χ0v) is 16.0. The molecule has 2 fully saturated rings. The van der Waals surface area contributed by atoms with Crippen LogP contribution in [-0.2, 0) is 4.79 Å². The highest BCUT2D eigenvalue weighted by Crippen LogP contribution is 2.27. The van der Waals surface area contributed by atoms with Crippen LogP contribution in [0.4, 0.5) is 9.59 Å². The summed E-state index contributed by atoms with van der Waals surface area (Å²) in [6.07, 6.45) is -0.956. The van der Waals surface area contributed by atoms with Crippen molar-refractivity contribution in [1.29, 1.82) is 0 Å². The van der Waals surface area contributed by atoms with Gasteiger partial charge in [-0.3, -0.25) is 9.69 Å². The highest BCUT2D eigenvalue weighted by molar-refractivity contribution is 7.18. The zero-order chi connectivity index (χ0) is 19.3. The average molecular weight is 388 g/mol. The summed E-state index contributed by atoms with van der Waals surface area (Å²) in [6.45, 7) is 1.73. The van der Waals surface area contributed by atoms with E-state index in [0.29, 0.717) is 0 Å². The first kappa shape index (κ1) is 17.5. The average Bonchev–Trinajstić information content (AvgIpc) is 3.26. The van der Waals surface area contributed by atoms with Gasteiger partial charge in [0.1, 0.15) is 23.9 Å². The highest BCUT2D eigenvalue weighted by Gasteiger charge is 2.52. The van der Waals surface area contributed by atoms with Gasteiger partial charge in [0, 0.05) is 14.1 Å². The number of nitrogens with one attached hydrogen (secondary N) is 2. The molecule has 2 aromatic rings. The van der Waals surface area contributed by atoms with Gasteiger partial charge < -0.3 is 20.4 Å². The van der Waals surface area contributed by atoms with Crippen LogP contribution >= 0.6 is 11.3 Å². The minimum Gasteiger partial charge on any atom is -0.346 e. The minimum atomic E-state index is -0.501. The number of fused-ring (bicyclic) bond motifs is 2. The number of amides is 5. The van der Waals surface area contributed by atoms with E-state index in [4.69, 9.17) is 0 Å². The first-order valence-corrected chi connectivity index (χ1v) is 9.40. The third-order valence-corrected chi connectivity index (χ3v) is 6.14. The van der Waals surface area contributed by atoms with Crippen molar-refractivity contribution >= 4 is 39.5 Å². The number of thiazole rings is 1. The van der Waals surface area contributed by atoms with Crippen LogP contribution in [-0.4, -0.2) is 70.6 Å². The maximum atomic E-state index is 12.5. The molecule has 2 saturated heterocycles. The number of aromatic nitrogens is 1. The molecule has 9 nitrogen and oxygen atoms in total. The lowest BCUT2D eigenvalue weighted by atomic mass is 10.3. The summed E-state index contributed by atoms with van der Waals surface area (Å²) in [5, 5.41) is 6.44. The van der Waals surface area contributed by atoms with Crippen LogP contribution in [0.15, 0.2) is 24.3 Å². The Morgan fingerprint density at radius 2 is 2.04 bits per heavy atom. The predicted octanol–water partition coefficient (Wildman–Crippen LogP) is 1.15. The van der Waals surface area contributed by atoms with Crippen molar-refractivity contribution in [2.45, 2.75) is 25.3 Å². The third kappa shape index (κ3) is 2.85. The fourth-order valence-electron chi connectivity index (χ4n) is 3.52. The molecule has 0 spiro atoms. The fourth-order valence-corrected chi connectivity index (χ4v) is 4.49. The van der Waals surface area contributed by atoms with Crippen molar-refractivity contribution < 1.29 is 14.4 Å². The Morgan fingerprint density at radius 3 is 2.78 bits per heavy atom. The standard InChI is InChI=1S/C17H20N6O3S/c1-9(14-19-10-6-4-5-7-11(10)27-14)18-12(24)8-23-15-13(20-16(23)25)21(2)17(26)22(15)3/h4-7,9,13,15H,8H2,1-3H3,(H,18,24)(H,20,25)/t9-,13-,15-/m0/s1. The Kier molecular flexibility index (Phi) is 4.14. The number of carbonyl (C=O) groups excluding carboxylic acids is 3. The van der Waals surface area contributed by atoms with Gasteiger partial charge in [-0.2, -0.15) is 0 Å². The normalized spacial score (nSPS) is 23.0. The maximum absolute atomic E-state index is 12.5. The molecule has 5 amide bonds. The second-order valence-corrected chi connectivity index (χ2v) is 7.81. The molecule has 0 radical (unpaired) electrons. The molecule has 0 saturated carbocycles. The van der Waals surface area contributed by atoms with Gasteiger partial charge in [-0.1, -0.05) is 12.1 Å². The number of rotatable bonds is 4. The van der Waals surface area contributed by atoms with Crippen molar-refractivity contribution in [2.75, 3.05) is 20.6 Å². The number of urea groups is 2. The highest BCUT2D eigenvalue weighted by atomic mass is 32.1. The molecule has 3 heterocycles. The van der Waals surface area contributed by atoms with Gasteiger partial charge in [0.05, 0.1) is 16.3 Å². The number of likely N-dealkylation sites (N-methyl/N-ethyl adjacent to an activating group) is 2. The number of carbonyl (C=O) groups is 3. The van der Waals surface area contributed by atoms with Crippen LogP contribution in [0.2, 0.25) is 0 Å². The third-order valence-electron chi connectivity index (χ3n) is 4.92. The van der Waals surface area contributed by atoms with Gasteiger partial charge in [0.15, 0.2) is 0 Å². The maximum Gasteiger partial charge on any atom is 0.323 e. The quantitative estimate of drug-likeness (QED) is 0.821. The van der Waals surface area contributed by atoms with Gasteiger partial charge in [0.2, 0.25) is 5.91 Å². The SMILES string of the molecule is C[C@H](NC(=O)CN1C(=O)N[C@@H]2[C@H]1N(C)C(=O)N2C)c1nc2ccccc2s1. The molecule has 1 aromatic carbocycles.